The fourth-order valence-corrected chi connectivity index (χ4v) is 5.13. The second kappa shape index (κ2) is 3.85. The lowest BCUT2D eigenvalue weighted by Gasteiger charge is -2.58. The fourth-order valence-electron chi connectivity index (χ4n) is 5.13. The average Bonchev–Trinajstić information content (AvgIpc) is 2.28. The third-order valence-electron chi connectivity index (χ3n) is 5.40. The van der Waals surface area contributed by atoms with Crippen LogP contribution in [-0.4, -0.2) is 11.2 Å². The van der Waals surface area contributed by atoms with Crippen molar-refractivity contribution >= 4 is 0 Å². The van der Waals surface area contributed by atoms with Crippen molar-refractivity contribution in [1.29, 1.82) is 5.26 Å². The van der Waals surface area contributed by atoms with Crippen LogP contribution in [-0.2, 0) is 0 Å². The molecule has 0 heterocycles. The van der Waals surface area contributed by atoms with Crippen molar-refractivity contribution in [2.75, 3.05) is 0 Å². The van der Waals surface area contributed by atoms with E-state index < -0.39 is 6.10 Å². The van der Waals surface area contributed by atoms with Gasteiger partial charge in [-0.1, -0.05) is 6.08 Å². The lowest BCUT2D eigenvalue weighted by molar-refractivity contribution is -0.106. The standard InChI is InChI=1S/C15H21NO/c1-2-13(9-16)14(17)15-6-10-3-11(7-15)5-12(4-10)8-15/h2,10-12,14,17H,3-8H2,1H3/b13-2+. The lowest BCUT2D eigenvalue weighted by atomic mass is 9.47. The Hall–Kier alpha value is -0.810. The summed E-state index contributed by atoms with van der Waals surface area (Å²) >= 11 is 0. The molecular weight excluding hydrogens is 210 g/mol. The van der Waals surface area contributed by atoms with Crippen molar-refractivity contribution in [3.05, 3.63) is 11.6 Å². The summed E-state index contributed by atoms with van der Waals surface area (Å²) in [5.41, 5.74) is 0.638. The van der Waals surface area contributed by atoms with Crippen molar-refractivity contribution in [2.24, 2.45) is 23.2 Å². The Morgan fingerprint density at radius 2 is 1.71 bits per heavy atom. The molecule has 0 radical (unpaired) electrons. The van der Waals surface area contributed by atoms with Crippen LogP contribution in [0.2, 0.25) is 0 Å². The van der Waals surface area contributed by atoms with Crippen LogP contribution >= 0.6 is 0 Å². The summed E-state index contributed by atoms with van der Waals surface area (Å²) in [6.07, 6.45) is 8.88. The molecule has 4 aliphatic carbocycles. The molecule has 1 atom stereocenters. The molecule has 4 fully saturated rings. The molecule has 2 heteroatoms. The van der Waals surface area contributed by atoms with Gasteiger partial charge in [0.15, 0.2) is 0 Å². The molecule has 0 amide bonds. The number of allylic oxidation sites excluding steroid dienone is 1. The first-order valence-corrected chi connectivity index (χ1v) is 6.91. The van der Waals surface area contributed by atoms with E-state index in [2.05, 4.69) is 6.07 Å². The number of nitrogens with zero attached hydrogens (tertiary/aromatic N) is 1. The molecule has 2 nitrogen and oxygen atoms in total. The number of hydrogen-bond acceptors (Lipinski definition) is 2. The first-order chi connectivity index (χ1) is 8.16. The largest absolute Gasteiger partial charge is 0.387 e. The Labute approximate surface area is 103 Å². The smallest absolute Gasteiger partial charge is 0.0971 e. The molecule has 0 saturated heterocycles. The van der Waals surface area contributed by atoms with Gasteiger partial charge in [-0.15, -0.1) is 0 Å². The molecular formula is C15H21NO. The van der Waals surface area contributed by atoms with E-state index in [1.54, 1.807) is 6.08 Å². The Bertz CT molecular complexity index is 355. The Morgan fingerprint density at radius 1 is 1.24 bits per heavy atom. The van der Waals surface area contributed by atoms with Crippen LogP contribution < -0.4 is 0 Å². The van der Waals surface area contributed by atoms with E-state index in [9.17, 15) is 5.11 Å². The van der Waals surface area contributed by atoms with Crippen molar-refractivity contribution in [1.82, 2.24) is 0 Å². The molecule has 4 saturated carbocycles. The highest BCUT2D eigenvalue weighted by Gasteiger charge is 2.54. The summed E-state index contributed by atoms with van der Waals surface area (Å²) in [6, 6.07) is 2.19. The van der Waals surface area contributed by atoms with E-state index in [0.29, 0.717) is 5.57 Å². The summed E-state index contributed by atoms with van der Waals surface area (Å²) < 4.78 is 0. The topological polar surface area (TPSA) is 44.0 Å². The second-order valence-corrected chi connectivity index (χ2v) is 6.54. The van der Waals surface area contributed by atoms with Gasteiger partial charge < -0.3 is 5.11 Å². The lowest BCUT2D eigenvalue weighted by Crippen LogP contribution is -2.52. The van der Waals surface area contributed by atoms with Crippen molar-refractivity contribution in [3.8, 4) is 6.07 Å². The first-order valence-electron chi connectivity index (χ1n) is 6.91. The van der Waals surface area contributed by atoms with Gasteiger partial charge in [0.1, 0.15) is 0 Å². The predicted octanol–water partition coefficient (Wildman–Crippen LogP) is 3.03. The van der Waals surface area contributed by atoms with Crippen molar-refractivity contribution < 1.29 is 5.11 Å². The molecule has 0 aromatic carbocycles. The van der Waals surface area contributed by atoms with Gasteiger partial charge in [-0.05, 0) is 63.2 Å². The maximum atomic E-state index is 10.6. The quantitative estimate of drug-likeness (QED) is 0.742. The van der Waals surface area contributed by atoms with Crippen LogP contribution in [0, 0.1) is 34.5 Å². The molecule has 0 aromatic heterocycles. The van der Waals surface area contributed by atoms with Crippen LogP contribution in [0.25, 0.3) is 0 Å². The third-order valence-corrected chi connectivity index (χ3v) is 5.40. The van der Waals surface area contributed by atoms with Gasteiger partial charge >= 0.3 is 0 Å². The normalized spacial score (nSPS) is 45.7. The van der Waals surface area contributed by atoms with E-state index in [0.717, 1.165) is 37.0 Å². The Balaban J connectivity index is 1.89. The minimum Gasteiger partial charge on any atom is -0.387 e. The highest BCUT2D eigenvalue weighted by atomic mass is 16.3. The molecule has 92 valence electrons. The highest BCUT2D eigenvalue weighted by Crippen LogP contribution is 2.61. The second-order valence-electron chi connectivity index (χ2n) is 6.54. The van der Waals surface area contributed by atoms with E-state index >= 15 is 0 Å². The van der Waals surface area contributed by atoms with Crippen LogP contribution in [0.5, 0.6) is 0 Å². The first kappa shape index (κ1) is 11.3. The number of aliphatic hydroxyl groups is 1. The summed E-state index contributed by atoms with van der Waals surface area (Å²) in [5, 5.41) is 19.7. The zero-order chi connectivity index (χ0) is 12.0. The predicted molar refractivity (Wildman–Crippen MR) is 66.0 cm³/mol. The van der Waals surface area contributed by atoms with E-state index in [1.165, 1.54) is 19.3 Å². The number of rotatable bonds is 2. The SMILES string of the molecule is C/C=C(\C#N)C(O)C12CC3CC(CC(C3)C1)C2. The number of nitriles is 1. The van der Waals surface area contributed by atoms with Crippen LogP contribution in [0.3, 0.4) is 0 Å². The maximum absolute atomic E-state index is 10.6. The highest BCUT2D eigenvalue weighted by molar-refractivity contribution is 5.28. The van der Waals surface area contributed by atoms with Gasteiger partial charge in [0.25, 0.3) is 0 Å². The van der Waals surface area contributed by atoms with Gasteiger partial charge in [-0.25, -0.2) is 0 Å². The van der Waals surface area contributed by atoms with Crippen LogP contribution in [0.15, 0.2) is 11.6 Å². The summed E-state index contributed by atoms with van der Waals surface area (Å²) in [5.74, 6) is 2.48. The minimum absolute atomic E-state index is 0.0479. The average molecular weight is 231 g/mol. The van der Waals surface area contributed by atoms with Gasteiger partial charge in [0, 0.05) is 5.41 Å². The molecule has 4 rings (SSSR count). The molecule has 0 aromatic rings. The molecule has 1 unspecified atom stereocenters. The molecule has 1 N–H and O–H groups in total. The molecule has 0 aliphatic heterocycles. The molecule has 17 heavy (non-hydrogen) atoms. The van der Waals surface area contributed by atoms with Crippen LogP contribution in [0.4, 0.5) is 0 Å². The summed E-state index contributed by atoms with van der Waals surface area (Å²) in [7, 11) is 0. The molecule has 4 aliphatic rings. The fraction of sp³-hybridized carbons (Fsp3) is 0.800. The Kier molecular flexibility index (Phi) is 2.56. The maximum Gasteiger partial charge on any atom is 0.0971 e. The van der Waals surface area contributed by atoms with Gasteiger partial charge in [-0.2, -0.15) is 5.26 Å². The third kappa shape index (κ3) is 1.64. The van der Waals surface area contributed by atoms with E-state index in [4.69, 9.17) is 5.26 Å². The minimum atomic E-state index is -0.508. The number of aliphatic hydroxyl groups excluding tert-OH is 1. The van der Waals surface area contributed by atoms with Crippen molar-refractivity contribution in [3.63, 3.8) is 0 Å². The summed E-state index contributed by atoms with van der Waals surface area (Å²) in [4.78, 5) is 0. The van der Waals surface area contributed by atoms with Gasteiger partial charge in [0.05, 0.1) is 17.7 Å². The monoisotopic (exact) mass is 231 g/mol. The summed E-state index contributed by atoms with van der Waals surface area (Å²) in [6.45, 7) is 1.86. The zero-order valence-corrected chi connectivity index (χ0v) is 10.5. The van der Waals surface area contributed by atoms with Crippen LogP contribution in [0.1, 0.15) is 45.4 Å². The van der Waals surface area contributed by atoms with Gasteiger partial charge in [-0.3, -0.25) is 0 Å². The molecule has 4 bridgehead atoms. The molecule has 0 spiro atoms. The zero-order valence-electron chi connectivity index (χ0n) is 10.5. The van der Waals surface area contributed by atoms with Crippen molar-refractivity contribution in [2.45, 2.75) is 51.6 Å². The van der Waals surface area contributed by atoms with E-state index in [1.807, 2.05) is 6.92 Å². The van der Waals surface area contributed by atoms with E-state index in [-0.39, 0.29) is 5.41 Å². The Morgan fingerprint density at radius 3 is 2.06 bits per heavy atom. The van der Waals surface area contributed by atoms with Gasteiger partial charge in [0.2, 0.25) is 0 Å². The number of hydrogen-bond donors (Lipinski definition) is 1.